The van der Waals surface area contributed by atoms with Crippen LogP contribution >= 0.6 is 0 Å². The lowest BCUT2D eigenvalue weighted by Crippen LogP contribution is -2.30. The Hall–Kier alpha value is -3.95. The summed E-state index contributed by atoms with van der Waals surface area (Å²) in [5.41, 5.74) is 12.1. The average molecular weight is 354 g/mol. The fourth-order valence-electron chi connectivity index (χ4n) is 2.29. The van der Waals surface area contributed by atoms with Gasteiger partial charge in [-0.1, -0.05) is 0 Å². The smallest absolute Gasteiger partial charge is 0.305 e. The van der Waals surface area contributed by atoms with Crippen LogP contribution in [0.4, 0.5) is 23.0 Å². The van der Waals surface area contributed by atoms with E-state index in [-0.39, 0.29) is 24.1 Å². The first-order valence-corrected chi connectivity index (χ1v) is 7.58. The van der Waals surface area contributed by atoms with E-state index in [0.29, 0.717) is 23.0 Å². The third kappa shape index (κ3) is 3.02. The van der Waals surface area contributed by atoms with Gasteiger partial charge in [-0.2, -0.15) is 0 Å². The van der Waals surface area contributed by atoms with Crippen molar-refractivity contribution in [1.29, 1.82) is 0 Å². The van der Waals surface area contributed by atoms with Gasteiger partial charge in [0.1, 0.15) is 12.0 Å². The molecule has 5 N–H and O–H groups in total. The number of amides is 1. The van der Waals surface area contributed by atoms with E-state index in [0.717, 1.165) is 0 Å². The highest BCUT2D eigenvalue weighted by Crippen LogP contribution is 2.35. The summed E-state index contributed by atoms with van der Waals surface area (Å²) in [5.74, 6) is 1.61. The van der Waals surface area contributed by atoms with E-state index in [2.05, 4.69) is 26.1 Å². The zero-order chi connectivity index (χ0) is 17.9. The molecule has 0 unspecified atom stereocenters. The molecule has 10 nitrogen and oxygen atoms in total. The fraction of sp³-hybridized carbons (Fsp3) is 0.0625. The van der Waals surface area contributed by atoms with E-state index in [1.165, 1.54) is 18.7 Å². The summed E-state index contributed by atoms with van der Waals surface area (Å²) in [6, 6.07) is 8.51. The molecule has 0 bridgehead atoms. The minimum Gasteiger partial charge on any atom is -0.459 e. The molecule has 4 rings (SSSR count). The Labute approximate surface area is 147 Å². The highest BCUT2D eigenvalue weighted by molar-refractivity contribution is 5.92. The average Bonchev–Trinajstić information content (AvgIpc) is 3.33. The van der Waals surface area contributed by atoms with Gasteiger partial charge in [0.15, 0.2) is 28.9 Å². The van der Waals surface area contributed by atoms with Crippen molar-refractivity contribution >= 4 is 28.9 Å². The van der Waals surface area contributed by atoms with Crippen molar-refractivity contribution < 1.29 is 18.7 Å². The molecule has 3 heterocycles. The number of hydrazine groups is 1. The fourth-order valence-corrected chi connectivity index (χ4v) is 2.29. The number of furan rings is 1. The second kappa shape index (κ2) is 6.51. The van der Waals surface area contributed by atoms with E-state index in [1.807, 2.05) is 0 Å². The van der Waals surface area contributed by atoms with E-state index in [1.54, 1.807) is 24.3 Å². The number of nitrogen functional groups attached to an aromatic ring is 1. The Morgan fingerprint density at radius 1 is 1.12 bits per heavy atom. The summed E-state index contributed by atoms with van der Waals surface area (Å²) < 4.78 is 15.6. The van der Waals surface area contributed by atoms with Crippen LogP contribution in [-0.4, -0.2) is 22.7 Å². The molecule has 1 aromatic carbocycles. The SMILES string of the molecule is Nc1c(NNC(=O)c2ccco2)ncnc1Nc1ccc2c(c1)OCO2. The normalized spacial score (nSPS) is 11.8. The predicted molar refractivity (Wildman–Crippen MR) is 92.1 cm³/mol. The molecule has 1 amide bonds. The Morgan fingerprint density at radius 3 is 2.81 bits per heavy atom. The molecule has 0 saturated carbocycles. The molecule has 1 aliphatic heterocycles. The molecule has 0 atom stereocenters. The predicted octanol–water partition coefficient (Wildman–Crippen LogP) is 1.88. The zero-order valence-corrected chi connectivity index (χ0v) is 13.4. The first-order chi connectivity index (χ1) is 12.7. The number of ether oxygens (including phenoxy) is 2. The molecule has 0 saturated heterocycles. The summed E-state index contributed by atoms with van der Waals surface area (Å²) in [7, 11) is 0. The van der Waals surface area contributed by atoms with Crippen molar-refractivity contribution in [3.63, 3.8) is 0 Å². The first-order valence-electron chi connectivity index (χ1n) is 7.58. The number of carbonyl (C=O) groups excluding carboxylic acids is 1. The van der Waals surface area contributed by atoms with Gasteiger partial charge >= 0.3 is 5.91 Å². The van der Waals surface area contributed by atoms with Crippen LogP contribution in [0.25, 0.3) is 0 Å². The van der Waals surface area contributed by atoms with Crippen LogP contribution in [0.1, 0.15) is 10.6 Å². The topological polar surface area (TPSA) is 137 Å². The quantitative estimate of drug-likeness (QED) is 0.506. The van der Waals surface area contributed by atoms with Crippen molar-refractivity contribution in [3.05, 3.63) is 48.7 Å². The maximum absolute atomic E-state index is 11.9. The maximum Gasteiger partial charge on any atom is 0.305 e. The first kappa shape index (κ1) is 15.6. The summed E-state index contributed by atoms with van der Waals surface area (Å²) >= 11 is 0. The minimum atomic E-state index is -0.460. The van der Waals surface area contributed by atoms with Crippen molar-refractivity contribution in [2.45, 2.75) is 0 Å². The summed E-state index contributed by atoms with van der Waals surface area (Å²) in [6.07, 6.45) is 2.72. The monoisotopic (exact) mass is 354 g/mol. The molecule has 1 aliphatic rings. The van der Waals surface area contributed by atoms with Gasteiger partial charge in [0.25, 0.3) is 0 Å². The van der Waals surface area contributed by atoms with Crippen LogP contribution in [0.15, 0.2) is 47.3 Å². The Kier molecular flexibility index (Phi) is 3.90. The number of nitrogens with zero attached hydrogens (tertiary/aromatic N) is 2. The lowest BCUT2D eigenvalue weighted by atomic mass is 10.2. The Morgan fingerprint density at radius 2 is 1.96 bits per heavy atom. The third-order valence-electron chi connectivity index (χ3n) is 3.56. The lowest BCUT2D eigenvalue weighted by Gasteiger charge is -2.13. The number of nitrogens with two attached hydrogens (primary N) is 1. The second-order valence-corrected chi connectivity index (χ2v) is 5.23. The van der Waals surface area contributed by atoms with Gasteiger partial charge in [-0.05, 0) is 24.3 Å². The molecule has 0 spiro atoms. The van der Waals surface area contributed by atoms with E-state index < -0.39 is 5.91 Å². The second-order valence-electron chi connectivity index (χ2n) is 5.23. The number of hydrogen-bond donors (Lipinski definition) is 4. The number of nitrogens with one attached hydrogen (secondary N) is 3. The molecule has 0 fully saturated rings. The summed E-state index contributed by atoms with van der Waals surface area (Å²) in [6.45, 7) is 0.192. The van der Waals surface area contributed by atoms with Crippen LogP contribution in [0.5, 0.6) is 11.5 Å². The van der Waals surface area contributed by atoms with E-state index in [9.17, 15) is 4.79 Å². The van der Waals surface area contributed by atoms with Crippen LogP contribution in [-0.2, 0) is 0 Å². The van der Waals surface area contributed by atoms with Gasteiger partial charge in [-0.15, -0.1) is 0 Å². The van der Waals surface area contributed by atoms with Gasteiger partial charge in [0, 0.05) is 11.8 Å². The number of aromatic nitrogens is 2. The number of benzene rings is 1. The molecule has 0 aliphatic carbocycles. The molecule has 2 aromatic heterocycles. The molecule has 3 aromatic rings. The Bertz CT molecular complexity index is 944. The highest BCUT2D eigenvalue weighted by Gasteiger charge is 2.15. The molecular weight excluding hydrogens is 340 g/mol. The minimum absolute atomic E-state index is 0.156. The molecule has 0 radical (unpaired) electrons. The zero-order valence-electron chi connectivity index (χ0n) is 13.4. The van der Waals surface area contributed by atoms with Gasteiger partial charge in [0.05, 0.1) is 6.26 Å². The highest BCUT2D eigenvalue weighted by atomic mass is 16.7. The van der Waals surface area contributed by atoms with Gasteiger partial charge in [-0.3, -0.25) is 15.6 Å². The van der Waals surface area contributed by atoms with Crippen LogP contribution < -0.4 is 31.4 Å². The number of fused-ring (bicyclic) bond motifs is 1. The summed E-state index contributed by atoms with van der Waals surface area (Å²) in [5, 5.41) is 3.07. The summed E-state index contributed by atoms with van der Waals surface area (Å²) in [4.78, 5) is 20.0. The largest absolute Gasteiger partial charge is 0.459 e. The molecule has 10 heteroatoms. The van der Waals surface area contributed by atoms with Gasteiger partial charge in [0.2, 0.25) is 6.79 Å². The van der Waals surface area contributed by atoms with Crippen molar-refractivity contribution in [2.75, 3.05) is 23.3 Å². The molecule has 26 heavy (non-hydrogen) atoms. The van der Waals surface area contributed by atoms with E-state index in [4.69, 9.17) is 19.6 Å². The number of anilines is 4. The molecular formula is C16H14N6O4. The van der Waals surface area contributed by atoms with Gasteiger partial charge in [-0.25, -0.2) is 9.97 Å². The van der Waals surface area contributed by atoms with E-state index >= 15 is 0 Å². The number of hydrogen-bond acceptors (Lipinski definition) is 9. The number of carbonyl (C=O) groups is 1. The Balaban J connectivity index is 1.48. The standard InChI is InChI=1S/C16H14N6O4/c17-13-14(20-9-3-4-10-12(6-9)26-8-25-10)18-7-19-15(13)21-22-16(23)11-2-1-5-24-11/h1-7H,8,17H2,(H,22,23)(H2,18,19,20,21). The van der Waals surface area contributed by atoms with Crippen LogP contribution in [0, 0.1) is 0 Å². The van der Waals surface area contributed by atoms with Crippen molar-refractivity contribution in [2.24, 2.45) is 0 Å². The maximum atomic E-state index is 11.9. The molecule has 132 valence electrons. The number of rotatable bonds is 5. The van der Waals surface area contributed by atoms with Gasteiger partial charge < -0.3 is 24.9 Å². The lowest BCUT2D eigenvalue weighted by molar-refractivity contribution is 0.0935. The third-order valence-corrected chi connectivity index (χ3v) is 3.56. The van der Waals surface area contributed by atoms with Crippen molar-refractivity contribution in [3.8, 4) is 11.5 Å². The van der Waals surface area contributed by atoms with Crippen molar-refractivity contribution in [1.82, 2.24) is 15.4 Å². The van der Waals surface area contributed by atoms with Crippen LogP contribution in [0.3, 0.4) is 0 Å². The van der Waals surface area contributed by atoms with Crippen LogP contribution in [0.2, 0.25) is 0 Å².